The van der Waals surface area contributed by atoms with E-state index in [0.29, 0.717) is 25.3 Å². The minimum absolute atomic E-state index is 0.0344. The van der Waals surface area contributed by atoms with Gasteiger partial charge in [-0.1, -0.05) is 24.3 Å². The minimum atomic E-state index is -0.811. The molecular formula is C33H35FN2O5. The van der Waals surface area contributed by atoms with Gasteiger partial charge in [0.05, 0.1) is 12.1 Å². The molecule has 0 radical (unpaired) electrons. The van der Waals surface area contributed by atoms with Gasteiger partial charge in [0.15, 0.2) is 11.5 Å². The van der Waals surface area contributed by atoms with Gasteiger partial charge in [0.25, 0.3) is 0 Å². The van der Waals surface area contributed by atoms with E-state index in [1.54, 1.807) is 12.1 Å². The minimum Gasteiger partial charge on any atom is -0.508 e. The van der Waals surface area contributed by atoms with Crippen molar-refractivity contribution in [2.24, 2.45) is 0 Å². The van der Waals surface area contributed by atoms with Crippen LogP contribution < -0.4 is 9.64 Å². The lowest BCUT2D eigenvalue weighted by Crippen LogP contribution is -2.36. The summed E-state index contributed by atoms with van der Waals surface area (Å²) >= 11 is 0. The van der Waals surface area contributed by atoms with E-state index >= 15 is 0 Å². The van der Waals surface area contributed by atoms with Crippen molar-refractivity contribution in [1.82, 2.24) is 4.90 Å². The van der Waals surface area contributed by atoms with Crippen LogP contribution in [0.25, 0.3) is 0 Å². The number of halogens is 1. The number of nitrogens with zero attached hydrogens (tertiary/aromatic N) is 2. The number of benzene rings is 4. The maximum absolute atomic E-state index is 13.6. The van der Waals surface area contributed by atoms with Gasteiger partial charge >= 0.3 is 0 Å². The lowest BCUT2D eigenvalue weighted by atomic mass is 9.88. The zero-order chi connectivity index (χ0) is 28.9. The molecule has 4 aromatic rings. The molecular weight excluding hydrogens is 523 g/mol. The highest BCUT2D eigenvalue weighted by Crippen LogP contribution is 2.37. The zero-order valence-electron chi connectivity index (χ0n) is 22.9. The van der Waals surface area contributed by atoms with E-state index < -0.39 is 6.10 Å². The van der Waals surface area contributed by atoms with Crippen LogP contribution in [0.4, 0.5) is 10.1 Å². The Morgan fingerprint density at radius 2 is 1.68 bits per heavy atom. The normalized spacial score (nSPS) is 15.5. The molecule has 0 bridgehead atoms. The molecule has 4 N–H and O–H groups in total. The van der Waals surface area contributed by atoms with Crippen LogP contribution in [-0.4, -0.2) is 58.6 Å². The molecule has 1 aliphatic heterocycles. The van der Waals surface area contributed by atoms with Gasteiger partial charge in [0, 0.05) is 25.3 Å². The lowest BCUT2D eigenvalue weighted by Gasteiger charge is -2.39. The van der Waals surface area contributed by atoms with Crippen molar-refractivity contribution >= 4 is 5.69 Å². The molecule has 0 aliphatic carbocycles. The van der Waals surface area contributed by atoms with E-state index in [1.165, 1.54) is 24.3 Å². The van der Waals surface area contributed by atoms with Gasteiger partial charge in [0.2, 0.25) is 0 Å². The van der Waals surface area contributed by atoms with Gasteiger partial charge in [-0.2, -0.15) is 0 Å². The summed E-state index contributed by atoms with van der Waals surface area (Å²) in [5, 5.41) is 39.6. The van der Waals surface area contributed by atoms with Crippen LogP contribution in [0.3, 0.4) is 0 Å². The van der Waals surface area contributed by atoms with E-state index in [1.807, 2.05) is 48.3 Å². The Balaban J connectivity index is 1.19. The molecule has 0 saturated carbocycles. The number of rotatable bonds is 10. The van der Waals surface area contributed by atoms with E-state index in [9.17, 15) is 24.8 Å². The first-order valence-corrected chi connectivity index (χ1v) is 13.7. The van der Waals surface area contributed by atoms with E-state index in [0.717, 1.165) is 47.5 Å². The third-order valence-electron chi connectivity index (χ3n) is 7.61. The topological polar surface area (TPSA) is 96.6 Å². The van der Waals surface area contributed by atoms with Crippen LogP contribution in [-0.2, 0) is 12.8 Å². The number of likely N-dealkylation sites (N-methyl/N-ethyl adjacent to an activating group) is 1. The molecule has 8 heteroatoms. The number of hydrogen-bond acceptors (Lipinski definition) is 7. The van der Waals surface area contributed by atoms with E-state index in [-0.39, 0.29) is 29.1 Å². The molecule has 0 amide bonds. The Morgan fingerprint density at radius 3 is 2.41 bits per heavy atom. The van der Waals surface area contributed by atoms with Crippen LogP contribution in [0.2, 0.25) is 0 Å². The molecule has 214 valence electrons. The van der Waals surface area contributed by atoms with E-state index in [2.05, 4.69) is 17.0 Å². The van der Waals surface area contributed by atoms with Crippen molar-refractivity contribution in [3.8, 4) is 23.0 Å². The van der Waals surface area contributed by atoms with Crippen molar-refractivity contribution in [3.05, 3.63) is 113 Å². The van der Waals surface area contributed by atoms with Crippen molar-refractivity contribution in [2.75, 3.05) is 38.2 Å². The molecule has 2 unspecified atom stereocenters. The molecule has 41 heavy (non-hydrogen) atoms. The quantitative estimate of drug-likeness (QED) is 0.195. The van der Waals surface area contributed by atoms with Gasteiger partial charge < -0.3 is 35.0 Å². The summed E-state index contributed by atoms with van der Waals surface area (Å²) in [6.45, 7) is 2.13. The molecule has 4 aromatic carbocycles. The highest BCUT2D eigenvalue weighted by atomic mass is 19.1. The SMILES string of the molecule is CN(CCOc1ccc(CC2c3ccc(O)cc3CCN2c2ccc(F)cc2)cc1)CC(O)c1ccc(O)c(O)c1. The molecule has 0 fully saturated rings. The Kier molecular flexibility index (Phi) is 8.61. The summed E-state index contributed by atoms with van der Waals surface area (Å²) in [6, 6.07) is 24.5. The first-order valence-electron chi connectivity index (χ1n) is 13.7. The van der Waals surface area contributed by atoms with Crippen molar-refractivity contribution in [1.29, 1.82) is 0 Å². The van der Waals surface area contributed by atoms with Crippen LogP contribution in [0.15, 0.2) is 84.9 Å². The molecule has 1 heterocycles. The number of phenolic OH excluding ortho intramolecular Hbond substituents is 3. The molecule has 1 aliphatic rings. The third-order valence-corrected chi connectivity index (χ3v) is 7.61. The Bertz CT molecular complexity index is 1460. The first-order chi connectivity index (χ1) is 19.8. The Morgan fingerprint density at radius 1 is 0.927 bits per heavy atom. The van der Waals surface area contributed by atoms with Gasteiger partial charge in [0.1, 0.15) is 23.9 Å². The number of ether oxygens (including phenoxy) is 1. The Hall–Kier alpha value is -4.27. The predicted octanol–water partition coefficient (Wildman–Crippen LogP) is 5.33. The fourth-order valence-electron chi connectivity index (χ4n) is 5.36. The summed E-state index contributed by atoms with van der Waals surface area (Å²) in [5.74, 6) is 0.270. The monoisotopic (exact) mass is 558 g/mol. The Labute approximate surface area is 239 Å². The van der Waals surface area contributed by atoms with Crippen LogP contribution in [0, 0.1) is 5.82 Å². The van der Waals surface area contributed by atoms with Gasteiger partial charge in [-0.05, 0) is 103 Å². The summed E-state index contributed by atoms with van der Waals surface area (Å²) in [7, 11) is 1.88. The van der Waals surface area contributed by atoms with Gasteiger partial charge in [-0.3, -0.25) is 0 Å². The number of aliphatic hydroxyl groups excluding tert-OH is 1. The van der Waals surface area contributed by atoms with Gasteiger partial charge in [-0.25, -0.2) is 4.39 Å². The molecule has 7 nitrogen and oxygen atoms in total. The number of phenols is 3. The third kappa shape index (κ3) is 6.90. The second kappa shape index (κ2) is 12.5. The van der Waals surface area contributed by atoms with Crippen molar-refractivity contribution in [3.63, 3.8) is 0 Å². The zero-order valence-corrected chi connectivity index (χ0v) is 22.9. The number of hydrogen-bond donors (Lipinski definition) is 4. The summed E-state index contributed by atoms with van der Waals surface area (Å²) in [5.41, 5.74) is 4.91. The summed E-state index contributed by atoms with van der Waals surface area (Å²) in [6.07, 6.45) is 0.727. The molecule has 0 spiro atoms. The number of aliphatic hydroxyl groups is 1. The highest BCUT2D eigenvalue weighted by Gasteiger charge is 2.28. The summed E-state index contributed by atoms with van der Waals surface area (Å²) < 4.78 is 19.6. The largest absolute Gasteiger partial charge is 0.508 e. The van der Waals surface area contributed by atoms with Crippen LogP contribution in [0.1, 0.15) is 34.4 Å². The number of fused-ring (bicyclic) bond motifs is 1. The average Bonchev–Trinajstić information content (AvgIpc) is 2.96. The molecule has 5 rings (SSSR count). The lowest BCUT2D eigenvalue weighted by molar-refractivity contribution is 0.117. The number of aromatic hydroxyl groups is 3. The van der Waals surface area contributed by atoms with E-state index in [4.69, 9.17) is 4.74 Å². The van der Waals surface area contributed by atoms with Crippen molar-refractivity contribution < 1.29 is 29.6 Å². The van der Waals surface area contributed by atoms with Crippen LogP contribution in [0.5, 0.6) is 23.0 Å². The average molecular weight is 559 g/mol. The number of anilines is 1. The van der Waals surface area contributed by atoms with Crippen molar-refractivity contribution in [2.45, 2.75) is 25.0 Å². The predicted molar refractivity (Wildman–Crippen MR) is 156 cm³/mol. The second-order valence-electron chi connectivity index (χ2n) is 10.5. The molecule has 0 aromatic heterocycles. The first kappa shape index (κ1) is 28.3. The smallest absolute Gasteiger partial charge is 0.157 e. The van der Waals surface area contributed by atoms with Crippen LogP contribution >= 0.6 is 0 Å². The highest BCUT2D eigenvalue weighted by molar-refractivity contribution is 5.54. The fourth-order valence-corrected chi connectivity index (χ4v) is 5.36. The fraction of sp³-hybridized carbons (Fsp3) is 0.273. The molecule has 2 atom stereocenters. The second-order valence-corrected chi connectivity index (χ2v) is 10.5. The molecule has 0 saturated heterocycles. The summed E-state index contributed by atoms with van der Waals surface area (Å²) in [4.78, 5) is 4.23. The standard InChI is InChI=1S/C33H35FN2O5/c1-35(21-33(40)24-4-13-31(38)32(39)20-24)16-17-41-28-10-2-22(3-11-28)18-30-29-12-9-27(37)19-23(29)14-15-36(30)26-7-5-25(34)6-8-26/h2-13,19-20,30,33,37-40H,14-18,21H2,1H3. The maximum atomic E-state index is 13.6. The maximum Gasteiger partial charge on any atom is 0.157 e. The van der Waals surface area contributed by atoms with Gasteiger partial charge in [-0.15, -0.1) is 0 Å².